The molecule has 0 unspecified atom stereocenters. The van der Waals surface area contributed by atoms with Crippen LogP contribution in [0.25, 0.3) is 12.2 Å². The molecule has 0 saturated carbocycles. The van der Waals surface area contributed by atoms with Crippen molar-refractivity contribution in [1.82, 2.24) is 0 Å². The van der Waals surface area contributed by atoms with Crippen molar-refractivity contribution in [2.75, 3.05) is 0 Å². The Morgan fingerprint density at radius 2 is 1.30 bits per heavy atom. The molecule has 8 nitrogen and oxygen atoms in total. The number of esters is 1. The topological polar surface area (TPSA) is 137 Å². The monoisotopic (exact) mass is 496 g/mol. The third kappa shape index (κ3) is 3.34. The fraction of sp³-hybridized carbons (Fsp3) is 0.0690. The van der Waals surface area contributed by atoms with Crippen LogP contribution in [-0.4, -0.2) is 31.5 Å². The summed E-state index contributed by atoms with van der Waals surface area (Å²) in [5, 5.41) is 51.0. The van der Waals surface area contributed by atoms with Gasteiger partial charge in [-0.3, -0.25) is 4.79 Å². The van der Waals surface area contributed by atoms with Crippen molar-refractivity contribution in [1.29, 1.82) is 0 Å². The second kappa shape index (κ2) is 7.96. The summed E-state index contributed by atoms with van der Waals surface area (Å²) in [6.45, 7) is 0. The van der Waals surface area contributed by atoms with Crippen molar-refractivity contribution < 1.29 is 39.8 Å². The van der Waals surface area contributed by atoms with Crippen LogP contribution in [0.5, 0.6) is 40.2 Å². The minimum atomic E-state index is -1.69. The van der Waals surface area contributed by atoms with Crippen molar-refractivity contribution in [3.63, 3.8) is 0 Å². The summed E-state index contributed by atoms with van der Waals surface area (Å²) in [7, 11) is 0. The number of phenols is 5. The summed E-state index contributed by atoms with van der Waals surface area (Å²) < 4.78 is 11.9. The molecule has 8 heteroatoms. The first kappa shape index (κ1) is 22.4. The van der Waals surface area contributed by atoms with Crippen LogP contribution in [-0.2, 0) is 10.2 Å². The lowest BCUT2D eigenvalue weighted by molar-refractivity contribution is -0.139. The van der Waals surface area contributed by atoms with Gasteiger partial charge in [0.2, 0.25) is 0 Å². The van der Waals surface area contributed by atoms with Crippen LogP contribution in [0, 0.1) is 0 Å². The minimum Gasteiger partial charge on any atom is -0.508 e. The van der Waals surface area contributed by atoms with Gasteiger partial charge >= 0.3 is 5.97 Å². The number of benzene rings is 4. The molecule has 2 atom stereocenters. The number of carbonyl (C=O) groups excluding carboxylic acids is 1. The quantitative estimate of drug-likeness (QED) is 0.156. The second-order valence-electron chi connectivity index (χ2n) is 8.96. The Bertz CT molecular complexity index is 1590. The number of hydrogen-bond donors (Lipinski definition) is 5. The number of aromatic hydroxyl groups is 5. The first-order valence-electron chi connectivity index (χ1n) is 11.4. The minimum absolute atomic E-state index is 0.0191. The van der Waals surface area contributed by atoms with Crippen LogP contribution < -0.4 is 9.47 Å². The first-order valence-corrected chi connectivity index (χ1v) is 11.4. The maximum Gasteiger partial charge on any atom is 0.331 e. The highest BCUT2D eigenvalue weighted by molar-refractivity contribution is 6.00. The van der Waals surface area contributed by atoms with E-state index in [2.05, 4.69) is 0 Å². The van der Waals surface area contributed by atoms with Crippen LogP contribution in [0.1, 0.15) is 33.9 Å². The van der Waals surface area contributed by atoms with E-state index in [1.807, 2.05) is 0 Å². The van der Waals surface area contributed by atoms with Gasteiger partial charge in [0.15, 0.2) is 5.41 Å². The Balaban J connectivity index is 1.63. The lowest BCUT2D eigenvalue weighted by Crippen LogP contribution is -2.40. The molecule has 5 N–H and O–H groups in total. The van der Waals surface area contributed by atoms with E-state index in [1.54, 1.807) is 36.4 Å². The lowest BCUT2D eigenvalue weighted by Gasteiger charge is -2.29. The van der Waals surface area contributed by atoms with E-state index in [9.17, 15) is 30.3 Å². The number of fused-ring (bicyclic) bond motifs is 4. The zero-order valence-corrected chi connectivity index (χ0v) is 19.1. The summed E-state index contributed by atoms with van der Waals surface area (Å²) >= 11 is 0. The average Bonchev–Trinajstić information content (AvgIpc) is 3.34. The maximum absolute atomic E-state index is 13.8. The molecule has 4 aromatic carbocycles. The van der Waals surface area contributed by atoms with Gasteiger partial charge in [-0.05, 0) is 47.0 Å². The molecule has 0 aromatic heterocycles. The Kier molecular flexibility index (Phi) is 4.81. The standard InChI is InChI=1S/C29H20O8/c30-18-7-2-15(3-8-18)1-4-17-11-20(32)13-23-25(17)29(28(35)37-23)26-22(34)12-21(33)14-24(26)36-27(29)16-5-9-19(31)10-6-16/h1-14,27,30-34H/b4-1+/t27-,29-/m1/s1. The molecule has 0 aliphatic carbocycles. The van der Waals surface area contributed by atoms with E-state index >= 15 is 0 Å². The Labute approximate surface area is 210 Å². The van der Waals surface area contributed by atoms with E-state index in [-0.39, 0.29) is 45.8 Å². The highest BCUT2D eigenvalue weighted by atomic mass is 16.6. The Hall–Kier alpha value is -5.11. The summed E-state index contributed by atoms with van der Waals surface area (Å²) in [6, 6.07) is 17.8. The maximum atomic E-state index is 13.8. The molecule has 0 saturated heterocycles. The zero-order chi connectivity index (χ0) is 25.9. The molecule has 1 spiro atoms. The molecule has 6 rings (SSSR count). The Morgan fingerprint density at radius 3 is 2.00 bits per heavy atom. The number of ether oxygens (including phenoxy) is 2. The molecule has 0 radical (unpaired) electrons. The SMILES string of the molecule is O=C1Oc2cc(O)cc(/C=C/c3ccc(O)cc3)c2[C@]12c1c(O)cc(O)cc1O[C@@H]2c1ccc(O)cc1. The summed E-state index contributed by atoms with van der Waals surface area (Å²) in [5.74, 6) is -1.14. The molecule has 4 aromatic rings. The zero-order valence-electron chi connectivity index (χ0n) is 19.1. The van der Waals surface area contributed by atoms with Crippen LogP contribution in [0.3, 0.4) is 0 Å². The van der Waals surface area contributed by atoms with Crippen LogP contribution in [0.15, 0.2) is 72.8 Å². The van der Waals surface area contributed by atoms with Gasteiger partial charge < -0.3 is 35.0 Å². The van der Waals surface area contributed by atoms with Gasteiger partial charge in [0.05, 0.1) is 5.56 Å². The normalized spacial score (nSPS) is 19.6. The highest BCUT2D eigenvalue weighted by Gasteiger charge is 2.64. The molecular formula is C29H20O8. The molecule has 0 bridgehead atoms. The van der Waals surface area contributed by atoms with E-state index in [4.69, 9.17) is 9.47 Å². The molecule has 0 fully saturated rings. The van der Waals surface area contributed by atoms with Crippen LogP contribution in [0.2, 0.25) is 0 Å². The largest absolute Gasteiger partial charge is 0.508 e. The molecule has 2 aliphatic rings. The van der Waals surface area contributed by atoms with E-state index in [0.717, 1.165) is 11.6 Å². The third-order valence-corrected chi connectivity index (χ3v) is 6.68. The molecule has 0 amide bonds. The first-order chi connectivity index (χ1) is 17.8. The van der Waals surface area contributed by atoms with E-state index < -0.39 is 17.5 Å². The average molecular weight is 496 g/mol. The number of rotatable bonds is 3. The van der Waals surface area contributed by atoms with Crippen molar-refractivity contribution in [2.24, 2.45) is 0 Å². The third-order valence-electron chi connectivity index (χ3n) is 6.68. The van der Waals surface area contributed by atoms with Crippen LogP contribution in [0.4, 0.5) is 0 Å². The fourth-order valence-electron chi connectivity index (χ4n) is 5.16. The molecule has 184 valence electrons. The van der Waals surface area contributed by atoms with Gasteiger partial charge in [0.1, 0.15) is 46.4 Å². The highest BCUT2D eigenvalue weighted by Crippen LogP contribution is 2.63. The van der Waals surface area contributed by atoms with Gasteiger partial charge in [-0.15, -0.1) is 0 Å². The number of carbonyl (C=O) groups is 1. The number of phenolic OH excluding ortho intramolecular Hbond substituents is 5. The van der Waals surface area contributed by atoms with Gasteiger partial charge in [0, 0.05) is 23.8 Å². The Morgan fingerprint density at radius 1 is 0.676 bits per heavy atom. The summed E-state index contributed by atoms with van der Waals surface area (Å²) in [5.41, 5.74) is 0.489. The number of hydrogen-bond acceptors (Lipinski definition) is 8. The molecule has 2 aliphatic heterocycles. The molecule has 37 heavy (non-hydrogen) atoms. The summed E-state index contributed by atoms with van der Waals surface area (Å²) in [6.07, 6.45) is 2.40. The van der Waals surface area contributed by atoms with Crippen molar-refractivity contribution in [2.45, 2.75) is 11.5 Å². The van der Waals surface area contributed by atoms with Gasteiger partial charge in [-0.25, -0.2) is 0 Å². The summed E-state index contributed by atoms with van der Waals surface area (Å²) in [4.78, 5) is 13.8. The van der Waals surface area contributed by atoms with Gasteiger partial charge in [-0.2, -0.15) is 0 Å². The predicted octanol–water partition coefficient (Wildman–Crippen LogP) is 4.72. The lowest BCUT2D eigenvalue weighted by atomic mass is 9.68. The van der Waals surface area contributed by atoms with Gasteiger partial charge in [-0.1, -0.05) is 36.4 Å². The van der Waals surface area contributed by atoms with E-state index in [1.165, 1.54) is 42.5 Å². The van der Waals surface area contributed by atoms with Crippen molar-refractivity contribution >= 4 is 18.1 Å². The smallest absolute Gasteiger partial charge is 0.331 e. The molecular weight excluding hydrogens is 476 g/mol. The van der Waals surface area contributed by atoms with Crippen molar-refractivity contribution in [3.8, 4) is 40.2 Å². The fourth-order valence-corrected chi connectivity index (χ4v) is 5.16. The van der Waals surface area contributed by atoms with E-state index in [0.29, 0.717) is 16.7 Å². The van der Waals surface area contributed by atoms with Crippen LogP contribution >= 0.6 is 0 Å². The van der Waals surface area contributed by atoms with Gasteiger partial charge in [0.25, 0.3) is 0 Å². The molecule has 2 heterocycles. The predicted molar refractivity (Wildman–Crippen MR) is 133 cm³/mol. The van der Waals surface area contributed by atoms with Crippen molar-refractivity contribution in [3.05, 3.63) is 101 Å². The second-order valence-corrected chi connectivity index (χ2v) is 8.96.